The van der Waals surface area contributed by atoms with Crippen LogP contribution >= 0.6 is 23.5 Å². The molecule has 0 amide bonds. The minimum atomic E-state index is -2.75. The predicted octanol–water partition coefficient (Wildman–Crippen LogP) is 3.04. The largest absolute Gasteiger partial charge is 0.330 e. The van der Waals surface area contributed by atoms with E-state index in [0.29, 0.717) is 19.4 Å². The summed E-state index contributed by atoms with van der Waals surface area (Å²) in [7, 11) is -2.75. The summed E-state index contributed by atoms with van der Waals surface area (Å²) >= 11 is 3.27. The van der Waals surface area contributed by atoms with Crippen LogP contribution in [0.15, 0.2) is 0 Å². The fourth-order valence-electron chi connectivity index (χ4n) is 0.675. The van der Waals surface area contributed by atoms with Crippen molar-refractivity contribution in [1.82, 2.24) is 0 Å². The lowest BCUT2D eigenvalue weighted by atomic mass is 10.5. The molecule has 0 saturated heterocycles. The molecule has 0 aliphatic rings. The molecule has 0 fully saturated rings. The second-order valence-electron chi connectivity index (χ2n) is 2.22. The van der Waals surface area contributed by atoms with Gasteiger partial charge in [-0.25, -0.2) is 0 Å². The van der Waals surface area contributed by atoms with Crippen molar-refractivity contribution in [3.8, 4) is 0 Å². The first-order chi connectivity index (χ1) is 5.68. The predicted molar refractivity (Wildman–Crippen MR) is 54.1 cm³/mol. The van der Waals surface area contributed by atoms with Crippen LogP contribution in [0.4, 0.5) is 0 Å². The Bertz CT molecular complexity index is 152. The number of rotatable bonds is 7. The van der Waals surface area contributed by atoms with Crippen LogP contribution in [0, 0.1) is 0 Å². The van der Waals surface area contributed by atoms with Gasteiger partial charge >= 0.3 is 7.60 Å². The van der Waals surface area contributed by atoms with Crippen molar-refractivity contribution in [2.24, 2.45) is 0 Å². The van der Waals surface area contributed by atoms with Crippen LogP contribution in [-0.4, -0.2) is 24.7 Å². The van der Waals surface area contributed by atoms with Gasteiger partial charge in [-0.1, -0.05) is 22.9 Å². The van der Waals surface area contributed by atoms with Crippen molar-refractivity contribution in [2.45, 2.75) is 20.3 Å². The normalized spacial score (nSPS) is 15.9. The Kier molecular flexibility index (Phi) is 7.45. The topological polar surface area (TPSA) is 35.5 Å². The summed E-state index contributed by atoms with van der Waals surface area (Å²) in [6.45, 7) is 4.57. The third-order valence-corrected chi connectivity index (χ3v) is 3.84. The van der Waals surface area contributed by atoms with E-state index in [-0.39, 0.29) is 0 Å². The molecule has 5 heteroatoms. The molecule has 0 radical (unpaired) electrons. The first-order valence-electron chi connectivity index (χ1n) is 4.12. The highest BCUT2D eigenvalue weighted by molar-refractivity contribution is 9.09. The lowest BCUT2D eigenvalue weighted by Crippen LogP contribution is -1.99. The van der Waals surface area contributed by atoms with Crippen molar-refractivity contribution < 1.29 is 13.6 Å². The van der Waals surface area contributed by atoms with Crippen LogP contribution in [0.3, 0.4) is 0 Å². The fourth-order valence-corrected chi connectivity index (χ4v) is 2.14. The third-order valence-electron chi connectivity index (χ3n) is 1.28. The second kappa shape index (κ2) is 7.07. The number of halogens is 1. The van der Waals surface area contributed by atoms with Crippen molar-refractivity contribution in [2.75, 3.05) is 24.7 Å². The molecule has 1 unspecified atom stereocenters. The summed E-state index contributed by atoms with van der Waals surface area (Å²) in [5, 5.41) is 0.864. The third kappa shape index (κ3) is 5.31. The van der Waals surface area contributed by atoms with Gasteiger partial charge in [0.1, 0.15) is 0 Å². The SMILES string of the molecule is CCOP(=O)(CC)OCCCBr. The zero-order valence-electron chi connectivity index (χ0n) is 7.59. The van der Waals surface area contributed by atoms with Crippen molar-refractivity contribution in [1.29, 1.82) is 0 Å². The van der Waals surface area contributed by atoms with Crippen LogP contribution in [0.25, 0.3) is 0 Å². The Balaban J connectivity index is 3.72. The van der Waals surface area contributed by atoms with Gasteiger partial charge in [-0.3, -0.25) is 4.57 Å². The molecule has 0 heterocycles. The summed E-state index contributed by atoms with van der Waals surface area (Å²) in [6, 6.07) is 0. The number of hydrogen-bond donors (Lipinski definition) is 0. The molecule has 3 nitrogen and oxygen atoms in total. The molecule has 12 heavy (non-hydrogen) atoms. The molecule has 1 atom stereocenters. The summed E-state index contributed by atoms with van der Waals surface area (Å²) < 4.78 is 21.8. The summed E-state index contributed by atoms with van der Waals surface area (Å²) in [4.78, 5) is 0. The highest BCUT2D eigenvalue weighted by Gasteiger charge is 2.20. The molecular weight excluding hydrogens is 243 g/mol. The Morgan fingerprint density at radius 3 is 2.42 bits per heavy atom. The Labute approximate surface area is 82.5 Å². The van der Waals surface area contributed by atoms with Crippen LogP contribution in [-0.2, 0) is 13.6 Å². The lowest BCUT2D eigenvalue weighted by Gasteiger charge is -2.15. The molecule has 0 aliphatic carbocycles. The van der Waals surface area contributed by atoms with Crippen molar-refractivity contribution in [3.63, 3.8) is 0 Å². The average molecular weight is 259 g/mol. The smallest absolute Gasteiger partial charge is 0.309 e. The van der Waals surface area contributed by atoms with E-state index in [2.05, 4.69) is 15.9 Å². The van der Waals surface area contributed by atoms with Gasteiger partial charge in [0.15, 0.2) is 0 Å². The molecular formula is C7H16BrO3P. The monoisotopic (exact) mass is 258 g/mol. The van der Waals surface area contributed by atoms with E-state index in [0.717, 1.165) is 11.8 Å². The Hall–Kier alpha value is 0.630. The van der Waals surface area contributed by atoms with E-state index in [1.165, 1.54) is 0 Å². The van der Waals surface area contributed by atoms with Gasteiger partial charge in [-0.05, 0) is 13.3 Å². The van der Waals surface area contributed by atoms with E-state index in [1.807, 2.05) is 13.8 Å². The highest BCUT2D eigenvalue weighted by Crippen LogP contribution is 2.47. The van der Waals surface area contributed by atoms with E-state index >= 15 is 0 Å². The van der Waals surface area contributed by atoms with E-state index < -0.39 is 7.60 Å². The molecule has 0 aromatic heterocycles. The Morgan fingerprint density at radius 2 is 2.00 bits per heavy atom. The quantitative estimate of drug-likeness (QED) is 0.400. The van der Waals surface area contributed by atoms with Crippen LogP contribution in [0.1, 0.15) is 20.3 Å². The van der Waals surface area contributed by atoms with Gasteiger partial charge in [0, 0.05) is 11.5 Å². The molecule has 0 aromatic carbocycles. The first kappa shape index (κ1) is 12.6. The zero-order chi connectivity index (χ0) is 9.45. The summed E-state index contributed by atoms with van der Waals surface area (Å²) in [5.41, 5.74) is 0. The highest BCUT2D eigenvalue weighted by atomic mass is 79.9. The van der Waals surface area contributed by atoms with E-state index in [9.17, 15) is 4.57 Å². The van der Waals surface area contributed by atoms with Gasteiger partial charge in [0.25, 0.3) is 0 Å². The van der Waals surface area contributed by atoms with Gasteiger partial charge in [0.05, 0.1) is 13.2 Å². The molecule has 0 aromatic rings. The maximum atomic E-state index is 11.6. The molecule has 0 spiro atoms. The molecule has 0 N–H and O–H groups in total. The molecule has 0 aliphatic heterocycles. The zero-order valence-corrected chi connectivity index (χ0v) is 10.1. The van der Waals surface area contributed by atoms with Gasteiger partial charge in [-0.2, -0.15) is 0 Å². The molecule has 0 rings (SSSR count). The van der Waals surface area contributed by atoms with Crippen molar-refractivity contribution in [3.05, 3.63) is 0 Å². The maximum Gasteiger partial charge on any atom is 0.330 e. The minimum absolute atomic E-state index is 0.444. The van der Waals surface area contributed by atoms with Crippen LogP contribution in [0.2, 0.25) is 0 Å². The Morgan fingerprint density at radius 1 is 1.33 bits per heavy atom. The minimum Gasteiger partial charge on any atom is -0.309 e. The fraction of sp³-hybridized carbons (Fsp3) is 1.00. The van der Waals surface area contributed by atoms with E-state index in [4.69, 9.17) is 9.05 Å². The lowest BCUT2D eigenvalue weighted by molar-refractivity contribution is 0.213. The maximum absolute atomic E-state index is 11.6. The first-order valence-corrected chi connectivity index (χ1v) is 6.97. The second-order valence-corrected chi connectivity index (χ2v) is 5.38. The van der Waals surface area contributed by atoms with Gasteiger partial charge < -0.3 is 9.05 Å². The average Bonchev–Trinajstić information content (AvgIpc) is 2.06. The van der Waals surface area contributed by atoms with Gasteiger partial charge in [-0.15, -0.1) is 0 Å². The van der Waals surface area contributed by atoms with Gasteiger partial charge in [0.2, 0.25) is 0 Å². The molecule has 0 bridgehead atoms. The molecule has 74 valence electrons. The standard InChI is InChI=1S/C7H16BrO3P/c1-3-10-12(9,4-2)11-7-5-6-8/h3-7H2,1-2H3. The summed E-state index contributed by atoms with van der Waals surface area (Å²) in [5.74, 6) is 0. The summed E-state index contributed by atoms with van der Waals surface area (Å²) in [6.07, 6.45) is 1.31. The number of hydrogen-bond acceptors (Lipinski definition) is 3. The van der Waals surface area contributed by atoms with Crippen molar-refractivity contribution >= 4 is 23.5 Å². The van der Waals surface area contributed by atoms with E-state index in [1.54, 1.807) is 0 Å². The van der Waals surface area contributed by atoms with Crippen LogP contribution in [0.5, 0.6) is 0 Å². The number of alkyl halides is 1. The molecule has 0 saturated carbocycles. The van der Waals surface area contributed by atoms with Crippen LogP contribution < -0.4 is 0 Å².